The molecule has 196 valence electrons. The second kappa shape index (κ2) is 10.2. The van der Waals surface area contributed by atoms with Gasteiger partial charge in [0.25, 0.3) is 0 Å². The zero-order chi connectivity index (χ0) is 26.9. The van der Waals surface area contributed by atoms with Gasteiger partial charge in [0.2, 0.25) is 0 Å². The molecule has 1 aliphatic rings. The van der Waals surface area contributed by atoms with Crippen LogP contribution < -0.4 is 10.1 Å². The molecule has 2 aromatic heterocycles. The van der Waals surface area contributed by atoms with Crippen molar-refractivity contribution in [3.8, 4) is 17.3 Å². The average molecular weight is 518 g/mol. The summed E-state index contributed by atoms with van der Waals surface area (Å²) >= 11 is 0. The van der Waals surface area contributed by atoms with Gasteiger partial charge in [-0.25, -0.2) is 9.48 Å². The highest BCUT2D eigenvalue weighted by atomic mass is 16.5. The quantitative estimate of drug-likeness (QED) is 0.278. The van der Waals surface area contributed by atoms with Crippen LogP contribution in [0.2, 0.25) is 0 Å². The van der Waals surface area contributed by atoms with Crippen molar-refractivity contribution in [2.45, 2.75) is 33.4 Å². The lowest BCUT2D eigenvalue weighted by Crippen LogP contribution is -2.38. The smallest absolute Gasteiger partial charge is 0.322 e. The van der Waals surface area contributed by atoms with E-state index in [2.05, 4.69) is 22.1 Å². The molecule has 3 aromatic carbocycles. The molecule has 0 aliphatic carbocycles. The number of carbonyl (C=O) groups excluding carboxylic acids is 1. The lowest BCUT2D eigenvalue weighted by atomic mass is 10.0. The topological polar surface area (TPSA) is 64.3 Å². The van der Waals surface area contributed by atoms with Crippen molar-refractivity contribution < 1.29 is 9.53 Å². The highest BCUT2D eigenvalue weighted by molar-refractivity contribution is 5.90. The molecule has 0 radical (unpaired) electrons. The fourth-order valence-electron chi connectivity index (χ4n) is 5.33. The first-order valence-electron chi connectivity index (χ1n) is 13.2. The SMILES string of the molecule is CCOc1ccc([C@@H]2c3cccn3-c3c(c(C)nn3-c3ccccc3)CN2C(=O)Nc2cccc(C)c2)cc1. The molecule has 2 amide bonds. The maximum absolute atomic E-state index is 14.1. The van der Waals surface area contributed by atoms with Gasteiger partial charge in [-0.05, 0) is 80.4 Å². The normalized spacial score (nSPS) is 14.3. The van der Waals surface area contributed by atoms with Gasteiger partial charge in [0.1, 0.15) is 11.6 Å². The van der Waals surface area contributed by atoms with Crippen LogP contribution in [0.25, 0.3) is 11.5 Å². The molecule has 1 atom stereocenters. The second-order valence-corrected chi connectivity index (χ2v) is 9.77. The number of aryl methyl sites for hydroxylation is 2. The summed E-state index contributed by atoms with van der Waals surface area (Å²) in [5.41, 5.74) is 6.69. The molecule has 1 N–H and O–H groups in total. The van der Waals surface area contributed by atoms with Gasteiger partial charge in [-0.3, -0.25) is 0 Å². The molecule has 3 heterocycles. The number of nitrogens with zero attached hydrogens (tertiary/aromatic N) is 4. The van der Waals surface area contributed by atoms with Crippen molar-refractivity contribution in [3.63, 3.8) is 0 Å². The summed E-state index contributed by atoms with van der Waals surface area (Å²) in [6.45, 7) is 6.99. The van der Waals surface area contributed by atoms with Gasteiger partial charge in [0, 0.05) is 17.4 Å². The van der Waals surface area contributed by atoms with Crippen molar-refractivity contribution in [2.75, 3.05) is 11.9 Å². The Balaban J connectivity index is 1.51. The van der Waals surface area contributed by atoms with Gasteiger partial charge < -0.3 is 19.5 Å². The van der Waals surface area contributed by atoms with Crippen LogP contribution >= 0.6 is 0 Å². The number of aromatic nitrogens is 3. The van der Waals surface area contributed by atoms with Gasteiger partial charge in [-0.1, -0.05) is 42.5 Å². The summed E-state index contributed by atoms with van der Waals surface area (Å²) in [7, 11) is 0. The molecule has 5 aromatic rings. The Kier molecular flexibility index (Phi) is 6.40. The lowest BCUT2D eigenvalue weighted by Gasteiger charge is -2.31. The third-order valence-electron chi connectivity index (χ3n) is 7.12. The van der Waals surface area contributed by atoms with Crippen molar-refractivity contribution in [2.24, 2.45) is 0 Å². The monoisotopic (exact) mass is 517 g/mol. The van der Waals surface area contributed by atoms with E-state index in [-0.39, 0.29) is 12.1 Å². The number of hydrogen-bond acceptors (Lipinski definition) is 3. The molecule has 0 fully saturated rings. The summed E-state index contributed by atoms with van der Waals surface area (Å²) in [6, 6.07) is 29.6. The first-order chi connectivity index (χ1) is 19.0. The predicted octanol–water partition coefficient (Wildman–Crippen LogP) is 6.82. The molecule has 7 nitrogen and oxygen atoms in total. The molecule has 0 bridgehead atoms. The Morgan fingerprint density at radius 3 is 2.51 bits per heavy atom. The molecule has 39 heavy (non-hydrogen) atoms. The highest BCUT2D eigenvalue weighted by Gasteiger charge is 2.36. The van der Waals surface area contributed by atoms with Gasteiger partial charge >= 0.3 is 6.03 Å². The fraction of sp³-hybridized carbons (Fsp3) is 0.188. The lowest BCUT2D eigenvalue weighted by molar-refractivity contribution is 0.194. The Bertz CT molecular complexity index is 1620. The van der Waals surface area contributed by atoms with Crippen LogP contribution in [0.5, 0.6) is 5.75 Å². The standard InChI is InChI=1S/C32H31N5O2/c1-4-39-27-17-15-24(16-18-27)30-29-14-9-19-35(29)31-28(23(3)34-37(31)26-12-6-5-7-13-26)21-36(30)32(38)33-25-11-8-10-22(2)20-25/h5-20,30H,4,21H2,1-3H3,(H,33,38)/t30-/m1/s1. The van der Waals surface area contributed by atoms with Gasteiger partial charge in [0.05, 0.1) is 36.3 Å². The Hall–Kier alpha value is -4.78. The molecule has 6 rings (SSSR count). The number of amides is 2. The van der Waals surface area contributed by atoms with E-state index >= 15 is 0 Å². The summed E-state index contributed by atoms with van der Waals surface area (Å²) in [5.74, 6) is 1.75. The van der Waals surface area contributed by atoms with Crippen LogP contribution in [-0.4, -0.2) is 31.9 Å². The van der Waals surface area contributed by atoms with E-state index < -0.39 is 0 Å². The van der Waals surface area contributed by atoms with Crippen molar-refractivity contribution in [1.82, 2.24) is 19.2 Å². The van der Waals surface area contributed by atoms with E-state index in [4.69, 9.17) is 9.84 Å². The Morgan fingerprint density at radius 1 is 0.974 bits per heavy atom. The number of carbonyl (C=O) groups is 1. The summed E-state index contributed by atoms with van der Waals surface area (Å²) < 4.78 is 9.85. The van der Waals surface area contributed by atoms with Crippen LogP contribution in [0.1, 0.15) is 41.0 Å². The van der Waals surface area contributed by atoms with Crippen LogP contribution in [0.4, 0.5) is 10.5 Å². The van der Waals surface area contributed by atoms with Gasteiger partial charge in [-0.2, -0.15) is 5.10 Å². The fourth-order valence-corrected chi connectivity index (χ4v) is 5.33. The second-order valence-electron chi connectivity index (χ2n) is 9.77. The number of para-hydroxylation sites is 1. The number of fused-ring (bicyclic) bond motifs is 3. The van der Waals surface area contributed by atoms with E-state index in [1.807, 2.05) is 115 Å². The number of hydrogen-bond donors (Lipinski definition) is 1. The number of anilines is 1. The van der Waals surface area contributed by atoms with Crippen molar-refractivity contribution in [3.05, 3.63) is 125 Å². The van der Waals surface area contributed by atoms with E-state index in [1.165, 1.54) is 0 Å². The van der Waals surface area contributed by atoms with Crippen LogP contribution in [0.3, 0.4) is 0 Å². The molecule has 0 unspecified atom stereocenters. The van der Waals surface area contributed by atoms with Crippen LogP contribution in [-0.2, 0) is 6.54 Å². The number of rotatable bonds is 5. The molecular formula is C32H31N5O2. The molecular weight excluding hydrogens is 486 g/mol. The van der Waals surface area contributed by atoms with E-state index in [9.17, 15) is 4.79 Å². The first-order valence-corrected chi connectivity index (χ1v) is 13.2. The van der Waals surface area contributed by atoms with Gasteiger partial charge in [-0.15, -0.1) is 0 Å². The predicted molar refractivity (Wildman–Crippen MR) is 153 cm³/mol. The number of urea groups is 1. The number of nitrogens with one attached hydrogen (secondary N) is 1. The van der Waals surface area contributed by atoms with E-state index in [0.29, 0.717) is 13.2 Å². The zero-order valence-corrected chi connectivity index (χ0v) is 22.3. The maximum Gasteiger partial charge on any atom is 0.322 e. The Labute approximate surface area is 228 Å². The highest BCUT2D eigenvalue weighted by Crippen LogP contribution is 2.39. The minimum atomic E-state index is -0.337. The molecule has 0 saturated carbocycles. The first kappa shape index (κ1) is 24.6. The van der Waals surface area contributed by atoms with Gasteiger partial charge in [0.15, 0.2) is 0 Å². The van der Waals surface area contributed by atoms with E-state index in [0.717, 1.165) is 51.0 Å². The molecule has 0 saturated heterocycles. The Morgan fingerprint density at radius 2 is 1.77 bits per heavy atom. The minimum Gasteiger partial charge on any atom is -0.494 e. The number of ether oxygens (including phenoxy) is 1. The third-order valence-corrected chi connectivity index (χ3v) is 7.12. The van der Waals surface area contributed by atoms with Crippen molar-refractivity contribution >= 4 is 11.7 Å². The van der Waals surface area contributed by atoms with Crippen molar-refractivity contribution in [1.29, 1.82) is 0 Å². The van der Waals surface area contributed by atoms with Crippen LogP contribution in [0, 0.1) is 13.8 Å². The summed E-state index contributed by atoms with van der Waals surface area (Å²) in [5, 5.41) is 8.07. The summed E-state index contributed by atoms with van der Waals surface area (Å²) in [6.07, 6.45) is 2.05. The minimum absolute atomic E-state index is 0.174. The zero-order valence-electron chi connectivity index (χ0n) is 22.3. The molecule has 1 aliphatic heterocycles. The number of benzene rings is 3. The molecule has 7 heteroatoms. The largest absolute Gasteiger partial charge is 0.494 e. The molecule has 0 spiro atoms. The summed E-state index contributed by atoms with van der Waals surface area (Å²) in [4.78, 5) is 16.0. The average Bonchev–Trinajstić information content (AvgIpc) is 3.50. The maximum atomic E-state index is 14.1. The van der Waals surface area contributed by atoms with Crippen LogP contribution in [0.15, 0.2) is 97.2 Å². The third kappa shape index (κ3) is 4.56. The van der Waals surface area contributed by atoms with E-state index in [1.54, 1.807) is 0 Å².